The highest BCUT2D eigenvalue weighted by Gasteiger charge is 2.21. The SMILES string of the molecule is CC(C)N1CCCC(CN=C(N)NCCc2cccs2)C1.I. The van der Waals surface area contributed by atoms with E-state index in [4.69, 9.17) is 5.73 Å². The average molecular weight is 436 g/mol. The van der Waals surface area contributed by atoms with E-state index in [-0.39, 0.29) is 24.0 Å². The second kappa shape index (κ2) is 10.4. The van der Waals surface area contributed by atoms with Gasteiger partial charge in [-0.25, -0.2) is 0 Å². The smallest absolute Gasteiger partial charge is 0.188 e. The first-order valence-corrected chi connectivity index (χ1v) is 8.83. The fourth-order valence-electron chi connectivity index (χ4n) is 2.77. The number of thiophene rings is 1. The molecule has 0 amide bonds. The summed E-state index contributed by atoms with van der Waals surface area (Å²) in [6.07, 6.45) is 3.57. The summed E-state index contributed by atoms with van der Waals surface area (Å²) in [4.78, 5) is 8.45. The van der Waals surface area contributed by atoms with Gasteiger partial charge in [0, 0.05) is 30.6 Å². The molecule has 1 aromatic heterocycles. The quantitative estimate of drug-likeness (QED) is 0.410. The molecule has 1 aliphatic rings. The van der Waals surface area contributed by atoms with Crippen LogP contribution in [0.2, 0.25) is 0 Å². The van der Waals surface area contributed by atoms with Gasteiger partial charge in [-0.05, 0) is 57.0 Å². The molecule has 1 saturated heterocycles. The maximum atomic E-state index is 5.95. The molecule has 2 heterocycles. The van der Waals surface area contributed by atoms with E-state index in [0.29, 0.717) is 17.9 Å². The van der Waals surface area contributed by atoms with E-state index < -0.39 is 0 Å². The van der Waals surface area contributed by atoms with Crippen molar-refractivity contribution in [2.45, 2.75) is 39.2 Å². The van der Waals surface area contributed by atoms with Crippen LogP contribution in [0.3, 0.4) is 0 Å². The van der Waals surface area contributed by atoms with Crippen molar-refractivity contribution in [1.29, 1.82) is 0 Å². The van der Waals surface area contributed by atoms with Crippen molar-refractivity contribution in [3.8, 4) is 0 Å². The molecule has 0 aliphatic carbocycles. The molecule has 0 radical (unpaired) electrons. The van der Waals surface area contributed by atoms with Gasteiger partial charge in [0.15, 0.2) is 5.96 Å². The minimum atomic E-state index is 0. The number of nitrogens with two attached hydrogens (primary N) is 1. The van der Waals surface area contributed by atoms with Crippen LogP contribution in [-0.4, -0.2) is 43.1 Å². The number of nitrogens with one attached hydrogen (secondary N) is 1. The predicted octanol–water partition coefficient (Wildman–Crippen LogP) is 2.93. The van der Waals surface area contributed by atoms with E-state index in [9.17, 15) is 0 Å². The zero-order chi connectivity index (χ0) is 15.1. The van der Waals surface area contributed by atoms with E-state index in [2.05, 4.69) is 46.6 Å². The zero-order valence-electron chi connectivity index (χ0n) is 13.6. The van der Waals surface area contributed by atoms with Crippen LogP contribution in [0.1, 0.15) is 31.6 Å². The second-order valence-electron chi connectivity index (χ2n) is 6.08. The Labute approximate surface area is 155 Å². The summed E-state index contributed by atoms with van der Waals surface area (Å²) in [6, 6.07) is 4.88. The largest absolute Gasteiger partial charge is 0.370 e. The van der Waals surface area contributed by atoms with Crippen LogP contribution in [-0.2, 0) is 6.42 Å². The number of likely N-dealkylation sites (tertiary alicyclic amines) is 1. The van der Waals surface area contributed by atoms with Crippen molar-refractivity contribution in [3.05, 3.63) is 22.4 Å². The molecular weight excluding hydrogens is 407 g/mol. The minimum absolute atomic E-state index is 0. The molecule has 1 unspecified atom stereocenters. The summed E-state index contributed by atoms with van der Waals surface area (Å²) in [5.41, 5.74) is 5.95. The van der Waals surface area contributed by atoms with Gasteiger partial charge in [0.25, 0.3) is 0 Å². The van der Waals surface area contributed by atoms with Crippen molar-refractivity contribution >= 4 is 41.3 Å². The second-order valence-corrected chi connectivity index (χ2v) is 7.11. The highest BCUT2D eigenvalue weighted by Crippen LogP contribution is 2.18. The van der Waals surface area contributed by atoms with Crippen LogP contribution in [0.15, 0.2) is 22.5 Å². The van der Waals surface area contributed by atoms with Gasteiger partial charge in [0.1, 0.15) is 0 Å². The van der Waals surface area contributed by atoms with Gasteiger partial charge < -0.3 is 16.0 Å². The normalized spacial score (nSPS) is 20.0. The third-order valence-corrected chi connectivity index (χ3v) is 4.99. The molecule has 1 aliphatic heterocycles. The number of aliphatic imine (C=N–C) groups is 1. The van der Waals surface area contributed by atoms with Crippen molar-refractivity contribution in [2.24, 2.45) is 16.6 Å². The number of guanidine groups is 1. The van der Waals surface area contributed by atoms with E-state index in [0.717, 1.165) is 26.1 Å². The topological polar surface area (TPSA) is 53.6 Å². The maximum Gasteiger partial charge on any atom is 0.188 e. The third-order valence-electron chi connectivity index (χ3n) is 4.06. The van der Waals surface area contributed by atoms with Crippen LogP contribution in [0.25, 0.3) is 0 Å². The lowest BCUT2D eigenvalue weighted by Gasteiger charge is -2.34. The molecule has 0 aromatic carbocycles. The third kappa shape index (κ3) is 6.83. The molecule has 0 spiro atoms. The number of hydrogen-bond donors (Lipinski definition) is 2. The van der Waals surface area contributed by atoms with Gasteiger partial charge in [0.2, 0.25) is 0 Å². The Morgan fingerprint density at radius 3 is 3.05 bits per heavy atom. The summed E-state index contributed by atoms with van der Waals surface area (Å²) >= 11 is 1.79. The lowest BCUT2D eigenvalue weighted by atomic mass is 9.97. The van der Waals surface area contributed by atoms with Gasteiger partial charge in [-0.2, -0.15) is 0 Å². The maximum absolute atomic E-state index is 5.95. The summed E-state index contributed by atoms with van der Waals surface area (Å²) < 4.78 is 0. The Morgan fingerprint density at radius 1 is 1.55 bits per heavy atom. The molecule has 126 valence electrons. The molecule has 1 fully saturated rings. The average Bonchev–Trinajstić information content (AvgIpc) is 2.99. The summed E-state index contributed by atoms with van der Waals surface area (Å²) in [5.74, 6) is 1.24. The van der Waals surface area contributed by atoms with E-state index in [1.54, 1.807) is 11.3 Å². The number of piperidine rings is 1. The minimum Gasteiger partial charge on any atom is -0.370 e. The Bertz CT molecular complexity index is 433. The first-order chi connectivity index (χ1) is 10.1. The Morgan fingerprint density at radius 2 is 2.36 bits per heavy atom. The first kappa shape index (κ1) is 19.7. The molecular formula is C16H29IN4S. The van der Waals surface area contributed by atoms with Crippen molar-refractivity contribution in [3.63, 3.8) is 0 Å². The molecule has 1 aromatic rings. The molecule has 0 bridgehead atoms. The van der Waals surface area contributed by atoms with E-state index in [1.165, 1.54) is 24.3 Å². The number of halogens is 1. The van der Waals surface area contributed by atoms with Gasteiger partial charge in [-0.3, -0.25) is 4.99 Å². The Kier molecular flexibility index (Phi) is 9.35. The summed E-state index contributed by atoms with van der Waals surface area (Å²) in [5, 5.41) is 5.32. The van der Waals surface area contributed by atoms with Crippen LogP contribution < -0.4 is 11.1 Å². The highest BCUT2D eigenvalue weighted by atomic mass is 127. The van der Waals surface area contributed by atoms with Gasteiger partial charge in [-0.1, -0.05) is 6.07 Å². The number of rotatable bonds is 6. The van der Waals surface area contributed by atoms with Crippen molar-refractivity contribution in [2.75, 3.05) is 26.2 Å². The van der Waals surface area contributed by atoms with E-state index in [1.807, 2.05) is 0 Å². The fraction of sp³-hybridized carbons (Fsp3) is 0.688. The van der Waals surface area contributed by atoms with Crippen molar-refractivity contribution < 1.29 is 0 Å². The van der Waals surface area contributed by atoms with E-state index >= 15 is 0 Å². The fourth-order valence-corrected chi connectivity index (χ4v) is 3.48. The highest BCUT2D eigenvalue weighted by molar-refractivity contribution is 14.0. The molecule has 22 heavy (non-hydrogen) atoms. The molecule has 6 heteroatoms. The molecule has 0 saturated carbocycles. The molecule has 2 rings (SSSR count). The van der Waals surface area contributed by atoms with Crippen molar-refractivity contribution in [1.82, 2.24) is 10.2 Å². The van der Waals surface area contributed by atoms with Crippen LogP contribution in [0.5, 0.6) is 0 Å². The van der Waals surface area contributed by atoms with Crippen LogP contribution in [0, 0.1) is 5.92 Å². The predicted molar refractivity (Wildman–Crippen MR) is 107 cm³/mol. The summed E-state index contributed by atoms with van der Waals surface area (Å²) in [7, 11) is 0. The number of hydrogen-bond acceptors (Lipinski definition) is 3. The monoisotopic (exact) mass is 436 g/mol. The lowest BCUT2D eigenvalue weighted by molar-refractivity contribution is 0.143. The molecule has 1 atom stereocenters. The lowest BCUT2D eigenvalue weighted by Crippen LogP contribution is -2.41. The number of nitrogens with zero attached hydrogens (tertiary/aromatic N) is 2. The standard InChI is InChI=1S/C16H28N4S.HI/c1-13(2)20-9-3-5-14(12-20)11-19-16(17)18-8-7-15-6-4-10-21-15;/h4,6,10,13-14H,3,5,7-9,11-12H2,1-2H3,(H3,17,18,19);1H. The van der Waals surface area contributed by atoms with Crippen LogP contribution in [0.4, 0.5) is 0 Å². The van der Waals surface area contributed by atoms with Crippen LogP contribution >= 0.6 is 35.3 Å². The van der Waals surface area contributed by atoms with Gasteiger partial charge in [0.05, 0.1) is 0 Å². The first-order valence-electron chi connectivity index (χ1n) is 7.95. The Balaban J connectivity index is 0.00000242. The van der Waals surface area contributed by atoms with Gasteiger partial charge in [-0.15, -0.1) is 35.3 Å². The Hall–Kier alpha value is -0.340. The summed E-state index contributed by atoms with van der Waals surface area (Å²) in [6.45, 7) is 8.63. The molecule has 3 N–H and O–H groups in total. The van der Waals surface area contributed by atoms with Gasteiger partial charge >= 0.3 is 0 Å². The molecule has 4 nitrogen and oxygen atoms in total. The zero-order valence-corrected chi connectivity index (χ0v) is 16.8.